The smallest absolute Gasteiger partial charge is 0.289 e. The number of hydrogen-bond donors (Lipinski definition) is 4. The second-order valence-electron chi connectivity index (χ2n) is 10.4. The summed E-state index contributed by atoms with van der Waals surface area (Å²) < 4.78 is 0. The van der Waals surface area contributed by atoms with Crippen LogP contribution in [0, 0.1) is 5.92 Å². The van der Waals surface area contributed by atoms with E-state index in [1.165, 1.54) is 6.92 Å². The Kier molecular flexibility index (Phi) is 12.0. The topological polar surface area (TPSA) is 133 Å². The Labute approximate surface area is 246 Å². The monoisotopic (exact) mass is 570 g/mol. The first-order valence-corrected chi connectivity index (χ1v) is 14.0. The number of benzene rings is 3. The van der Waals surface area contributed by atoms with Crippen LogP contribution in [0.2, 0.25) is 0 Å². The minimum Gasteiger partial charge on any atom is -0.349 e. The highest BCUT2D eigenvalue weighted by atomic mass is 16.2. The first kappa shape index (κ1) is 31.7. The number of ketones is 1. The van der Waals surface area contributed by atoms with Gasteiger partial charge in [-0.05, 0) is 42.5 Å². The van der Waals surface area contributed by atoms with E-state index in [4.69, 9.17) is 0 Å². The van der Waals surface area contributed by atoms with E-state index in [2.05, 4.69) is 21.3 Å². The van der Waals surface area contributed by atoms with Crippen LogP contribution in [-0.4, -0.2) is 54.1 Å². The Morgan fingerprint density at radius 2 is 1.19 bits per heavy atom. The molecular formula is C33H38N4O5. The Hall–Kier alpha value is -4.79. The lowest BCUT2D eigenvalue weighted by Crippen LogP contribution is -2.57. The molecule has 0 radical (unpaired) electrons. The van der Waals surface area contributed by atoms with Gasteiger partial charge in [0.25, 0.3) is 11.8 Å². The van der Waals surface area contributed by atoms with Gasteiger partial charge in [-0.3, -0.25) is 24.0 Å². The molecular weight excluding hydrogens is 532 g/mol. The Morgan fingerprint density at radius 3 is 1.76 bits per heavy atom. The van der Waals surface area contributed by atoms with Crippen molar-refractivity contribution < 1.29 is 24.0 Å². The predicted octanol–water partition coefficient (Wildman–Crippen LogP) is 2.60. The van der Waals surface area contributed by atoms with Gasteiger partial charge in [0.15, 0.2) is 0 Å². The van der Waals surface area contributed by atoms with E-state index in [-0.39, 0.29) is 18.9 Å². The summed E-state index contributed by atoms with van der Waals surface area (Å²) in [5.74, 6) is -3.53. The van der Waals surface area contributed by atoms with Gasteiger partial charge in [-0.2, -0.15) is 0 Å². The first-order chi connectivity index (χ1) is 20.2. The zero-order valence-corrected chi connectivity index (χ0v) is 24.1. The summed E-state index contributed by atoms with van der Waals surface area (Å²) >= 11 is 0. The second kappa shape index (κ2) is 15.9. The van der Waals surface area contributed by atoms with Gasteiger partial charge >= 0.3 is 0 Å². The third-order valence-electron chi connectivity index (χ3n) is 6.71. The molecule has 0 spiro atoms. The van der Waals surface area contributed by atoms with Gasteiger partial charge in [-0.15, -0.1) is 0 Å². The highest BCUT2D eigenvalue weighted by Crippen LogP contribution is 2.08. The lowest BCUT2D eigenvalue weighted by molar-refractivity contribution is -0.141. The summed E-state index contributed by atoms with van der Waals surface area (Å²) in [7, 11) is 0. The lowest BCUT2D eigenvalue weighted by Gasteiger charge is -2.25. The van der Waals surface area contributed by atoms with Crippen LogP contribution >= 0.6 is 0 Å². The third-order valence-corrected chi connectivity index (χ3v) is 6.71. The molecule has 4 N–H and O–H groups in total. The molecule has 0 unspecified atom stereocenters. The zero-order valence-electron chi connectivity index (χ0n) is 24.1. The number of amides is 4. The molecule has 3 aromatic rings. The highest BCUT2D eigenvalue weighted by molar-refractivity contribution is 6.38. The fourth-order valence-corrected chi connectivity index (χ4v) is 4.28. The fourth-order valence-electron chi connectivity index (χ4n) is 4.28. The van der Waals surface area contributed by atoms with Crippen LogP contribution in [0.5, 0.6) is 0 Å². The summed E-state index contributed by atoms with van der Waals surface area (Å²) in [6.07, 6.45) is 0.766. The third kappa shape index (κ3) is 9.69. The largest absolute Gasteiger partial charge is 0.349 e. The van der Waals surface area contributed by atoms with Gasteiger partial charge in [0.05, 0.1) is 6.04 Å². The van der Waals surface area contributed by atoms with Crippen molar-refractivity contribution in [1.29, 1.82) is 0 Å². The van der Waals surface area contributed by atoms with Crippen LogP contribution in [0.15, 0.2) is 91.0 Å². The average Bonchev–Trinajstić information content (AvgIpc) is 3.00. The zero-order chi connectivity index (χ0) is 30.5. The van der Waals surface area contributed by atoms with Gasteiger partial charge in [-0.1, -0.05) is 92.7 Å². The van der Waals surface area contributed by atoms with Gasteiger partial charge in [0, 0.05) is 18.5 Å². The van der Waals surface area contributed by atoms with E-state index >= 15 is 0 Å². The molecule has 0 bridgehead atoms. The molecule has 0 aliphatic rings. The van der Waals surface area contributed by atoms with E-state index in [0.717, 1.165) is 11.1 Å². The van der Waals surface area contributed by atoms with Crippen LogP contribution < -0.4 is 21.3 Å². The number of carbonyl (C=O) groups is 5. The molecule has 3 aromatic carbocycles. The fraction of sp³-hybridized carbons (Fsp3) is 0.303. The van der Waals surface area contributed by atoms with Crippen molar-refractivity contribution in [1.82, 2.24) is 21.3 Å². The van der Waals surface area contributed by atoms with Crippen molar-refractivity contribution in [2.45, 2.75) is 51.7 Å². The summed E-state index contributed by atoms with van der Waals surface area (Å²) in [6, 6.07) is 24.2. The van der Waals surface area contributed by atoms with Crippen molar-refractivity contribution in [2.24, 2.45) is 5.92 Å². The highest BCUT2D eigenvalue weighted by Gasteiger charge is 2.32. The maximum Gasteiger partial charge on any atom is 0.289 e. The molecule has 4 amide bonds. The maximum atomic E-state index is 13.3. The van der Waals surface area contributed by atoms with E-state index in [9.17, 15) is 24.0 Å². The first-order valence-electron chi connectivity index (χ1n) is 14.0. The van der Waals surface area contributed by atoms with Gasteiger partial charge in [-0.25, -0.2) is 0 Å². The summed E-state index contributed by atoms with van der Waals surface area (Å²) in [6.45, 7) is 5.20. The van der Waals surface area contributed by atoms with Crippen LogP contribution in [0.3, 0.4) is 0 Å². The molecule has 220 valence electrons. The van der Waals surface area contributed by atoms with Gasteiger partial charge in [0.2, 0.25) is 17.6 Å². The lowest BCUT2D eigenvalue weighted by atomic mass is 9.98. The molecule has 0 heterocycles. The summed E-state index contributed by atoms with van der Waals surface area (Å²) in [5.41, 5.74) is 2.25. The van der Waals surface area contributed by atoms with Crippen molar-refractivity contribution in [2.75, 3.05) is 6.54 Å². The van der Waals surface area contributed by atoms with Crippen LogP contribution in [0.1, 0.15) is 42.3 Å². The molecule has 9 nitrogen and oxygen atoms in total. The Bertz CT molecular complexity index is 1350. The molecule has 0 aromatic heterocycles. The number of rotatable bonds is 14. The molecule has 3 rings (SSSR count). The molecule has 0 saturated heterocycles. The number of hydrogen-bond acceptors (Lipinski definition) is 5. The van der Waals surface area contributed by atoms with Crippen LogP contribution in [-0.2, 0) is 32.0 Å². The summed E-state index contributed by atoms with van der Waals surface area (Å²) in [4.78, 5) is 64.7. The molecule has 3 atom stereocenters. The van der Waals surface area contributed by atoms with Gasteiger partial charge < -0.3 is 21.3 Å². The van der Waals surface area contributed by atoms with Crippen molar-refractivity contribution in [3.05, 3.63) is 108 Å². The molecule has 42 heavy (non-hydrogen) atoms. The quantitative estimate of drug-likeness (QED) is 0.221. The second-order valence-corrected chi connectivity index (χ2v) is 10.4. The minimum absolute atomic E-state index is 0.204. The van der Waals surface area contributed by atoms with E-state index in [1.807, 2.05) is 60.7 Å². The molecule has 0 aliphatic heterocycles. The Balaban J connectivity index is 1.61. The summed E-state index contributed by atoms with van der Waals surface area (Å²) in [5, 5.41) is 10.6. The number of nitrogens with one attached hydrogen (secondary N) is 4. The van der Waals surface area contributed by atoms with Crippen LogP contribution in [0.25, 0.3) is 0 Å². The van der Waals surface area contributed by atoms with E-state index < -0.39 is 47.5 Å². The Morgan fingerprint density at radius 1 is 0.643 bits per heavy atom. The normalized spacial score (nSPS) is 12.9. The molecule has 0 fully saturated rings. The number of Topliss-reactive ketones (excluding diaryl/α,β-unsaturated/α-hetero) is 1. The van der Waals surface area contributed by atoms with Crippen molar-refractivity contribution in [3.63, 3.8) is 0 Å². The van der Waals surface area contributed by atoms with E-state index in [0.29, 0.717) is 12.0 Å². The number of carbonyl (C=O) groups excluding carboxylic acids is 5. The molecule has 0 saturated carbocycles. The van der Waals surface area contributed by atoms with Crippen LogP contribution in [0.4, 0.5) is 0 Å². The predicted molar refractivity (Wildman–Crippen MR) is 160 cm³/mol. The standard InChI is InChI=1S/C33H38N4O5/c1-22(2)28(29(38)33(42)34-20-19-24-13-7-4-8-14-24)37-30(39)23(3)35-32(41)27(21-25-15-9-5-10-16-25)36-31(40)26-17-11-6-12-18-26/h4-18,22-23,27-28H,19-21H2,1-3H3,(H,34,42)(H,35,41)(H,36,40)(H,37,39)/t23-,27-,28-/m0/s1. The van der Waals surface area contributed by atoms with Crippen molar-refractivity contribution in [3.8, 4) is 0 Å². The van der Waals surface area contributed by atoms with E-state index in [1.54, 1.807) is 44.2 Å². The van der Waals surface area contributed by atoms with Crippen molar-refractivity contribution >= 4 is 29.4 Å². The molecule has 0 aliphatic carbocycles. The SMILES string of the molecule is CC(C)[C@H](NC(=O)[C@H](C)NC(=O)[C@H](Cc1ccccc1)NC(=O)c1ccccc1)C(=O)C(=O)NCCc1ccccc1. The average molecular weight is 571 g/mol. The maximum absolute atomic E-state index is 13.3. The van der Waals surface area contributed by atoms with Gasteiger partial charge in [0.1, 0.15) is 12.1 Å². The molecule has 9 heteroatoms. The minimum atomic E-state index is -1.08.